The number of benzene rings is 1. The number of nitrogens with zero attached hydrogens (tertiary/aromatic N) is 2. The second-order valence-corrected chi connectivity index (χ2v) is 7.70. The molecule has 1 saturated carbocycles. The molecule has 1 aromatic heterocycles. The van der Waals surface area contributed by atoms with Crippen molar-refractivity contribution in [3.05, 3.63) is 53.3 Å². The zero-order valence-corrected chi connectivity index (χ0v) is 16.0. The van der Waals surface area contributed by atoms with Gasteiger partial charge in [0.05, 0.1) is 16.9 Å². The minimum absolute atomic E-state index is 0.217. The molecule has 2 aliphatic rings. The summed E-state index contributed by atoms with van der Waals surface area (Å²) in [6.45, 7) is 2.48. The van der Waals surface area contributed by atoms with Crippen molar-refractivity contribution in [2.24, 2.45) is 0 Å². The first-order valence-corrected chi connectivity index (χ1v) is 9.98. The number of hydrogen-bond donors (Lipinski definition) is 1. The maximum atomic E-state index is 12.3. The minimum Gasteiger partial charge on any atom is -0.490 e. The first kappa shape index (κ1) is 18.3. The van der Waals surface area contributed by atoms with E-state index in [1.54, 1.807) is 24.4 Å². The van der Waals surface area contributed by atoms with Gasteiger partial charge in [-0.05, 0) is 56.3 Å². The Labute approximate surface area is 164 Å². The van der Waals surface area contributed by atoms with Crippen LogP contribution in [0.3, 0.4) is 0 Å². The van der Waals surface area contributed by atoms with Gasteiger partial charge in [0.15, 0.2) is 0 Å². The Kier molecular flexibility index (Phi) is 5.60. The van der Waals surface area contributed by atoms with Crippen molar-refractivity contribution >= 4 is 23.2 Å². The molecule has 1 saturated heterocycles. The summed E-state index contributed by atoms with van der Waals surface area (Å²) in [7, 11) is 0. The summed E-state index contributed by atoms with van der Waals surface area (Å²) >= 11 is 6.05. The van der Waals surface area contributed by atoms with Gasteiger partial charge < -0.3 is 15.0 Å². The molecule has 0 spiro atoms. The van der Waals surface area contributed by atoms with Gasteiger partial charge in [0.25, 0.3) is 5.91 Å². The molecular formula is C21H24ClN3O2. The van der Waals surface area contributed by atoms with Crippen LogP contribution >= 0.6 is 11.6 Å². The Morgan fingerprint density at radius 1 is 1.11 bits per heavy atom. The SMILES string of the molecule is O=C(Nc1cnccc1Cl)c1ccc(OC2CC(N3CCCCC3)C2)cc1. The van der Waals surface area contributed by atoms with Crippen molar-refractivity contribution in [2.45, 2.75) is 44.2 Å². The monoisotopic (exact) mass is 385 g/mol. The van der Waals surface area contributed by atoms with E-state index >= 15 is 0 Å². The predicted octanol–water partition coefficient (Wildman–Crippen LogP) is 4.38. The Balaban J connectivity index is 1.28. The van der Waals surface area contributed by atoms with E-state index in [2.05, 4.69) is 15.2 Å². The Morgan fingerprint density at radius 3 is 2.56 bits per heavy atom. The highest BCUT2D eigenvalue weighted by atomic mass is 35.5. The van der Waals surface area contributed by atoms with Crippen molar-refractivity contribution in [2.75, 3.05) is 18.4 Å². The lowest BCUT2D eigenvalue weighted by Crippen LogP contribution is -2.50. The summed E-state index contributed by atoms with van der Waals surface area (Å²) in [5.41, 5.74) is 1.06. The van der Waals surface area contributed by atoms with E-state index < -0.39 is 0 Å². The van der Waals surface area contributed by atoms with Crippen molar-refractivity contribution in [3.8, 4) is 5.75 Å². The molecule has 0 bridgehead atoms. The van der Waals surface area contributed by atoms with Gasteiger partial charge in [-0.3, -0.25) is 9.78 Å². The quantitative estimate of drug-likeness (QED) is 0.829. The minimum atomic E-state index is -0.217. The Bertz CT molecular complexity index is 784. The van der Waals surface area contributed by atoms with E-state index in [4.69, 9.17) is 16.3 Å². The number of pyridine rings is 1. The van der Waals surface area contributed by atoms with E-state index in [0.29, 0.717) is 22.3 Å². The molecule has 1 aliphatic carbocycles. The molecule has 27 heavy (non-hydrogen) atoms. The number of halogens is 1. The first-order chi connectivity index (χ1) is 13.2. The highest BCUT2D eigenvalue weighted by Gasteiger charge is 2.35. The van der Waals surface area contributed by atoms with Gasteiger partial charge in [-0.15, -0.1) is 0 Å². The molecular weight excluding hydrogens is 362 g/mol. The molecule has 4 rings (SSSR count). The van der Waals surface area contributed by atoms with Gasteiger partial charge in [-0.2, -0.15) is 0 Å². The number of aromatic nitrogens is 1. The van der Waals surface area contributed by atoms with Gasteiger partial charge in [-0.25, -0.2) is 0 Å². The Morgan fingerprint density at radius 2 is 1.85 bits per heavy atom. The van der Waals surface area contributed by atoms with E-state index in [1.807, 2.05) is 12.1 Å². The summed E-state index contributed by atoms with van der Waals surface area (Å²) in [6.07, 6.45) is 9.63. The highest BCUT2D eigenvalue weighted by Crippen LogP contribution is 2.31. The second-order valence-electron chi connectivity index (χ2n) is 7.30. The molecule has 0 radical (unpaired) electrons. The van der Waals surface area contributed by atoms with Crippen LogP contribution in [-0.4, -0.2) is 41.0 Å². The Hall–Kier alpha value is -2.11. The van der Waals surface area contributed by atoms with Crippen LogP contribution in [0.2, 0.25) is 5.02 Å². The molecule has 2 aromatic rings. The number of rotatable bonds is 5. The topological polar surface area (TPSA) is 54.5 Å². The molecule has 2 fully saturated rings. The number of carbonyl (C=O) groups excluding carboxylic acids is 1. The molecule has 142 valence electrons. The summed E-state index contributed by atoms with van der Waals surface area (Å²) in [5, 5.41) is 3.24. The van der Waals surface area contributed by atoms with Crippen LogP contribution in [0.25, 0.3) is 0 Å². The maximum Gasteiger partial charge on any atom is 0.255 e. The zero-order chi connectivity index (χ0) is 18.6. The predicted molar refractivity (Wildman–Crippen MR) is 107 cm³/mol. The summed E-state index contributed by atoms with van der Waals surface area (Å²) < 4.78 is 6.05. The molecule has 1 aliphatic heterocycles. The third-order valence-corrected chi connectivity index (χ3v) is 5.74. The van der Waals surface area contributed by atoms with Crippen LogP contribution < -0.4 is 10.1 Å². The second kappa shape index (κ2) is 8.28. The van der Waals surface area contributed by atoms with Gasteiger partial charge >= 0.3 is 0 Å². The number of nitrogens with one attached hydrogen (secondary N) is 1. The fourth-order valence-electron chi connectivity index (χ4n) is 3.76. The van der Waals surface area contributed by atoms with Gasteiger partial charge in [0.1, 0.15) is 11.9 Å². The molecule has 1 amide bonds. The fraction of sp³-hybridized carbons (Fsp3) is 0.429. The maximum absolute atomic E-state index is 12.3. The number of piperidine rings is 1. The summed E-state index contributed by atoms with van der Waals surface area (Å²) in [6, 6.07) is 9.58. The number of anilines is 1. The number of ether oxygens (including phenoxy) is 1. The standard InChI is InChI=1S/C21H24ClN3O2/c22-19-8-9-23-14-20(19)24-21(26)15-4-6-17(7-5-15)27-18-12-16(13-18)25-10-2-1-3-11-25/h4-9,14,16,18H,1-3,10-13H2,(H,24,26). The van der Waals surface area contributed by atoms with Crippen molar-refractivity contribution in [3.63, 3.8) is 0 Å². The van der Waals surface area contributed by atoms with E-state index in [-0.39, 0.29) is 12.0 Å². The van der Waals surface area contributed by atoms with Gasteiger partial charge in [0.2, 0.25) is 0 Å². The average Bonchev–Trinajstić information content (AvgIpc) is 2.67. The summed E-state index contributed by atoms with van der Waals surface area (Å²) in [4.78, 5) is 18.9. The lowest BCUT2D eigenvalue weighted by atomic mass is 9.86. The molecule has 0 unspecified atom stereocenters. The van der Waals surface area contributed by atoms with Crippen LogP contribution in [0.1, 0.15) is 42.5 Å². The fourth-order valence-corrected chi connectivity index (χ4v) is 3.91. The number of hydrogen-bond acceptors (Lipinski definition) is 4. The van der Waals surface area contributed by atoms with Crippen LogP contribution in [0, 0.1) is 0 Å². The number of carbonyl (C=O) groups is 1. The molecule has 0 atom stereocenters. The zero-order valence-electron chi connectivity index (χ0n) is 15.2. The van der Waals surface area contributed by atoms with Gasteiger partial charge in [-0.1, -0.05) is 18.0 Å². The van der Waals surface area contributed by atoms with E-state index in [1.165, 1.54) is 38.5 Å². The lowest BCUT2D eigenvalue weighted by molar-refractivity contribution is 0.00892. The van der Waals surface area contributed by atoms with Gasteiger partial charge in [0, 0.05) is 30.6 Å². The highest BCUT2D eigenvalue weighted by molar-refractivity contribution is 6.33. The average molecular weight is 386 g/mol. The first-order valence-electron chi connectivity index (χ1n) is 9.61. The number of likely N-dealkylation sites (tertiary alicyclic amines) is 1. The molecule has 1 aromatic carbocycles. The van der Waals surface area contributed by atoms with E-state index in [0.717, 1.165) is 18.6 Å². The van der Waals surface area contributed by atoms with Crippen LogP contribution in [0.5, 0.6) is 5.75 Å². The van der Waals surface area contributed by atoms with Crippen LogP contribution in [-0.2, 0) is 0 Å². The summed E-state index contributed by atoms with van der Waals surface area (Å²) in [5.74, 6) is 0.596. The van der Waals surface area contributed by atoms with Crippen molar-refractivity contribution in [1.82, 2.24) is 9.88 Å². The lowest BCUT2D eigenvalue weighted by Gasteiger charge is -2.44. The largest absolute Gasteiger partial charge is 0.490 e. The molecule has 1 N–H and O–H groups in total. The van der Waals surface area contributed by atoms with Crippen molar-refractivity contribution < 1.29 is 9.53 Å². The number of amides is 1. The smallest absolute Gasteiger partial charge is 0.255 e. The molecule has 5 nitrogen and oxygen atoms in total. The molecule has 6 heteroatoms. The van der Waals surface area contributed by atoms with Crippen molar-refractivity contribution in [1.29, 1.82) is 0 Å². The van der Waals surface area contributed by atoms with Crippen LogP contribution in [0.15, 0.2) is 42.7 Å². The normalized spacial score (nSPS) is 22.7. The third kappa shape index (κ3) is 4.42. The van der Waals surface area contributed by atoms with E-state index in [9.17, 15) is 4.79 Å². The third-order valence-electron chi connectivity index (χ3n) is 5.41. The molecule has 2 heterocycles. The van der Waals surface area contributed by atoms with Crippen LogP contribution in [0.4, 0.5) is 5.69 Å².